The standard InChI is InChI=1S/C22H19IN2O5S/c1-15-6-9-19(10-7-15)31(27,28)30-20-11-8-16(12-21(20)29-2)14-24-25-22(26)17-4-3-5-18(23)13-17/h3-14H,1-2H3,(H,25,26)/b24-14+. The summed E-state index contributed by atoms with van der Waals surface area (Å²) in [5, 5.41) is 3.94. The van der Waals surface area contributed by atoms with E-state index >= 15 is 0 Å². The van der Waals surface area contributed by atoms with Gasteiger partial charge in [-0.05, 0) is 83.6 Å². The smallest absolute Gasteiger partial charge is 0.339 e. The first-order valence-electron chi connectivity index (χ1n) is 9.06. The van der Waals surface area contributed by atoms with Crippen molar-refractivity contribution in [3.05, 3.63) is 87.0 Å². The van der Waals surface area contributed by atoms with Crippen LogP contribution < -0.4 is 14.3 Å². The molecule has 0 heterocycles. The lowest BCUT2D eigenvalue weighted by Gasteiger charge is -2.11. The first-order valence-corrected chi connectivity index (χ1v) is 11.6. The molecule has 0 bridgehead atoms. The van der Waals surface area contributed by atoms with Crippen LogP contribution >= 0.6 is 22.6 Å². The minimum atomic E-state index is -4.01. The first kappa shape index (κ1) is 22.8. The number of hydrazone groups is 1. The summed E-state index contributed by atoms with van der Waals surface area (Å²) in [5.74, 6) is -0.0856. The molecular formula is C22H19IN2O5S. The summed E-state index contributed by atoms with van der Waals surface area (Å²) < 4.78 is 36.5. The van der Waals surface area contributed by atoms with Crippen molar-refractivity contribution in [2.75, 3.05) is 7.11 Å². The number of nitrogens with zero attached hydrogens (tertiary/aromatic N) is 1. The van der Waals surface area contributed by atoms with Crippen LogP contribution in [0.4, 0.5) is 0 Å². The lowest BCUT2D eigenvalue weighted by molar-refractivity contribution is 0.0955. The molecule has 9 heteroatoms. The summed E-state index contributed by atoms with van der Waals surface area (Å²) in [5.41, 5.74) is 4.46. The second-order valence-corrected chi connectivity index (χ2v) is 9.26. The minimum Gasteiger partial charge on any atom is -0.493 e. The van der Waals surface area contributed by atoms with Crippen molar-refractivity contribution in [2.24, 2.45) is 5.10 Å². The quantitative estimate of drug-likeness (QED) is 0.207. The Balaban J connectivity index is 1.73. The fraction of sp³-hybridized carbons (Fsp3) is 0.0909. The summed E-state index contributed by atoms with van der Waals surface area (Å²) >= 11 is 2.12. The maximum absolute atomic E-state index is 12.5. The second-order valence-electron chi connectivity index (χ2n) is 6.47. The average molecular weight is 550 g/mol. The molecule has 0 saturated heterocycles. The Kier molecular flexibility index (Phi) is 7.29. The molecule has 7 nitrogen and oxygen atoms in total. The molecule has 0 spiro atoms. The monoisotopic (exact) mass is 550 g/mol. The summed E-state index contributed by atoms with van der Waals surface area (Å²) in [6.45, 7) is 1.86. The van der Waals surface area contributed by atoms with Crippen LogP contribution in [0.2, 0.25) is 0 Å². The third kappa shape index (κ3) is 6.05. The molecule has 0 unspecified atom stereocenters. The van der Waals surface area contributed by atoms with Gasteiger partial charge >= 0.3 is 10.1 Å². The van der Waals surface area contributed by atoms with Crippen molar-refractivity contribution >= 4 is 44.8 Å². The Morgan fingerprint density at radius 3 is 2.45 bits per heavy atom. The van der Waals surface area contributed by atoms with Crippen molar-refractivity contribution < 1.29 is 22.1 Å². The molecule has 0 radical (unpaired) electrons. The number of nitrogens with one attached hydrogen (secondary N) is 1. The number of benzene rings is 3. The molecule has 0 aliphatic carbocycles. The number of aryl methyl sites for hydroxylation is 1. The minimum absolute atomic E-state index is 0.0446. The summed E-state index contributed by atoms with van der Waals surface area (Å²) in [4.78, 5) is 12.2. The normalized spacial score (nSPS) is 11.3. The van der Waals surface area contributed by atoms with Gasteiger partial charge in [-0.2, -0.15) is 13.5 Å². The Bertz CT molecular complexity index is 1220. The number of ether oxygens (including phenoxy) is 1. The number of hydrogen-bond acceptors (Lipinski definition) is 6. The number of hydrogen-bond donors (Lipinski definition) is 1. The van der Waals surface area contributed by atoms with Crippen LogP contribution in [0.3, 0.4) is 0 Å². The van der Waals surface area contributed by atoms with Gasteiger partial charge in [0, 0.05) is 9.13 Å². The fourth-order valence-electron chi connectivity index (χ4n) is 2.56. The molecule has 1 N–H and O–H groups in total. The highest BCUT2D eigenvalue weighted by molar-refractivity contribution is 14.1. The van der Waals surface area contributed by atoms with Gasteiger partial charge in [0.05, 0.1) is 13.3 Å². The third-order valence-corrected chi connectivity index (χ3v) is 6.08. The van der Waals surface area contributed by atoms with Crippen molar-refractivity contribution in [1.82, 2.24) is 5.43 Å². The van der Waals surface area contributed by atoms with Gasteiger partial charge in [-0.25, -0.2) is 5.43 Å². The van der Waals surface area contributed by atoms with Gasteiger partial charge in [-0.3, -0.25) is 4.79 Å². The van der Waals surface area contributed by atoms with Gasteiger partial charge in [0.25, 0.3) is 5.91 Å². The van der Waals surface area contributed by atoms with Crippen molar-refractivity contribution in [3.63, 3.8) is 0 Å². The van der Waals surface area contributed by atoms with E-state index in [4.69, 9.17) is 8.92 Å². The highest BCUT2D eigenvalue weighted by atomic mass is 127. The molecule has 0 fully saturated rings. The number of carbonyl (C=O) groups is 1. The predicted molar refractivity (Wildman–Crippen MR) is 126 cm³/mol. The maximum atomic E-state index is 12.5. The summed E-state index contributed by atoms with van der Waals surface area (Å²) in [7, 11) is -2.61. The molecule has 3 rings (SSSR count). The molecule has 0 aromatic heterocycles. The molecule has 0 aliphatic heterocycles. The van der Waals surface area contributed by atoms with E-state index in [1.54, 1.807) is 42.5 Å². The molecule has 3 aromatic rings. The highest BCUT2D eigenvalue weighted by Crippen LogP contribution is 2.30. The first-order chi connectivity index (χ1) is 14.8. The Labute approximate surface area is 194 Å². The molecule has 0 atom stereocenters. The van der Waals surface area contributed by atoms with Gasteiger partial charge < -0.3 is 8.92 Å². The molecule has 31 heavy (non-hydrogen) atoms. The second kappa shape index (κ2) is 9.92. The Hall–Kier alpha value is -2.92. The van der Waals surface area contributed by atoms with Gasteiger partial charge in [-0.15, -0.1) is 0 Å². The van der Waals surface area contributed by atoms with E-state index in [0.717, 1.165) is 9.13 Å². The van der Waals surface area contributed by atoms with E-state index < -0.39 is 10.1 Å². The largest absolute Gasteiger partial charge is 0.493 e. The average Bonchev–Trinajstić information content (AvgIpc) is 2.74. The summed E-state index contributed by atoms with van der Waals surface area (Å²) in [6.07, 6.45) is 1.42. The topological polar surface area (TPSA) is 94.1 Å². The third-order valence-electron chi connectivity index (χ3n) is 4.16. The number of methoxy groups -OCH3 is 1. The number of rotatable bonds is 7. The summed E-state index contributed by atoms with van der Waals surface area (Å²) in [6, 6.07) is 18.1. The zero-order valence-electron chi connectivity index (χ0n) is 16.7. The van der Waals surface area contributed by atoms with Crippen LogP contribution in [0.5, 0.6) is 11.5 Å². The van der Waals surface area contributed by atoms with Crippen molar-refractivity contribution in [3.8, 4) is 11.5 Å². The SMILES string of the molecule is COc1cc(/C=N/NC(=O)c2cccc(I)c2)ccc1OS(=O)(=O)c1ccc(C)cc1. The van der Waals surface area contributed by atoms with E-state index in [1.807, 2.05) is 13.0 Å². The van der Waals surface area contributed by atoms with Crippen LogP contribution in [-0.2, 0) is 10.1 Å². The van der Waals surface area contributed by atoms with Crippen LogP contribution in [-0.4, -0.2) is 27.6 Å². The zero-order valence-corrected chi connectivity index (χ0v) is 19.7. The predicted octanol–water partition coefficient (Wildman–Crippen LogP) is 4.14. The lowest BCUT2D eigenvalue weighted by Crippen LogP contribution is -2.17. The maximum Gasteiger partial charge on any atom is 0.339 e. The molecular weight excluding hydrogens is 531 g/mol. The van der Waals surface area contributed by atoms with E-state index in [1.165, 1.54) is 31.5 Å². The number of amides is 1. The van der Waals surface area contributed by atoms with E-state index in [0.29, 0.717) is 11.1 Å². The zero-order chi connectivity index (χ0) is 22.4. The van der Waals surface area contributed by atoms with Crippen LogP contribution in [0.15, 0.2) is 76.7 Å². The van der Waals surface area contributed by atoms with Gasteiger partial charge in [0.2, 0.25) is 0 Å². The molecule has 0 saturated carbocycles. The van der Waals surface area contributed by atoms with E-state index in [-0.39, 0.29) is 22.3 Å². The van der Waals surface area contributed by atoms with Crippen LogP contribution in [0, 0.1) is 10.5 Å². The number of halogens is 1. The molecule has 1 amide bonds. The fourth-order valence-corrected chi connectivity index (χ4v) is 4.05. The van der Waals surface area contributed by atoms with E-state index in [2.05, 4.69) is 33.1 Å². The van der Waals surface area contributed by atoms with Crippen LogP contribution in [0.25, 0.3) is 0 Å². The Morgan fingerprint density at radius 2 is 1.77 bits per heavy atom. The molecule has 3 aromatic carbocycles. The highest BCUT2D eigenvalue weighted by Gasteiger charge is 2.19. The van der Waals surface area contributed by atoms with Gasteiger partial charge in [0.15, 0.2) is 11.5 Å². The molecule has 160 valence electrons. The Morgan fingerprint density at radius 1 is 1.03 bits per heavy atom. The van der Waals surface area contributed by atoms with Crippen molar-refractivity contribution in [1.29, 1.82) is 0 Å². The van der Waals surface area contributed by atoms with Crippen molar-refractivity contribution in [2.45, 2.75) is 11.8 Å². The van der Waals surface area contributed by atoms with Gasteiger partial charge in [0.1, 0.15) is 4.90 Å². The van der Waals surface area contributed by atoms with Gasteiger partial charge in [-0.1, -0.05) is 23.8 Å². The lowest BCUT2D eigenvalue weighted by atomic mass is 10.2. The molecule has 0 aliphatic rings. The van der Waals surface area contributed by atoms with E-state index in [9.17, 15) is 13.2 Å². The van der Waals surface area contributed by atoms with Crippen LogP contribution in [0.1, 0.15) is 21.5 Å². The number of carbonyl (C=O) groups excluding carboxylic acids is 1.